The van der Waals surface area contributed by atoms with Gasteiger partial charge in [0.1, 0.15) is 11.6 Å². The van der Waals surface area contributed by atoms with Crippen LogP contribution in [0, 0.1) is 5.82 Å². The number of rotatable bonds is 3. The molecule has 2 atom stereocenters. The smallest absolute Gasteiger partial charge is 0.263 e. The summed E-state index contributed by atoms with van der Waals surface area (Å²) in [6.45, 7) is 2.45. The van der Waals surface area contributed by atoms with Crippen molar-refractivity contribution in [2.45, 2.75) is 25.5 Å². The molecule has 0 aliphatic carbocycles. The van der Waals surface area contributed by atoms with Gasteiger partial charge < -0.3 is 15.4 Å². The molecule has 0 bridgehead atoms. The number of amides is 1. The van der Waals surface area contributed by atoms with Gasteiger partial charge in [0.25, 0.3) is 5.91 Å². The lowest BCUT2D eigenvalue weighted by molar-refractivity contribution is -0.132. The molecular weight excluding hydrogens is 235 g/mol. The van der Waals surface area contributed by atoms with E-state index in [-0.39, 0.29) is 11.9 Å². The molecule has 0 spiro atoms. The highest BCUT2D eigenvalue weighted by Gasteiger charge is 2.31. The van der Waals surface area contributed by atoms with E-state index in [2.05, 4.69) is 0 Å². The molecule has 1 saturated heterocycles. The maximum Gasteiger partial charge on any atom is 0.263 e. The van der Waals surface area contributed by atoms with Crippen LogP contribution in [-0.2, 0) is 4.79 Å². The van der Waals surface area contributed by atoms with Crippen LogP contribution >= 0.6 is 0 Å². The molecule has 1 amide bonds. The molecule has 0 radical (unpaired) electrons. The predicted octanol–water partition coefficient (Wildman–Crippen LogP) is 1.45. The zero-order chi connectivity index (χ0) is 13.3. The van der Waals surface area contributed by atoms with Crippen molar-refractivity contribution in [2.75, 3.05) is 13.6 Å². The summed E-state index contributed by atoms with van der Waals surface area (Å²) >= 11 is 0. The van der Waals surface area contributed by atoms with E-state index < -0.39 is 11.9 Å². The summed E-state index contributed by atoms with van der Waals surface area (Å²) in [5.41, 5.74) is 6.51. The summed E-state index contributed by atoms with van der Waals surface area (Å²) in [4.78, 5) is 13.4. The van der Waals surface area contributed by atoms with Crippen LogP contribution in [0.5, 0.6) is 5.75 Å². The maximum absolute atomic E-state index is 13.2. The van der Waals surface area contributed by atoms with Gasteiger partial charge in [0.2, 0.25) is 0 Å². The van der Waals surface area contributed by atoms with Crippen molar-refractivity contribution in [1.82, 2.24) is 4.90 Å². The third-order valence-electron chi connectivity index (χ3n) is 3.11. The van der Waals surface area contributed by atoms with Gasteiger partial charge in [0.15, 0.2) is 6.10 Å². The number of ether oxygens (including phenoxy) is 1. The van der Waals surface area contributed by atoms with Crippen LogP contribution in [0.15, 0.2) is 18.2 Å². The summed E-state index contributed by atoms with van der Waals surface area (Å²) in [5, 5.41) is 0. The summed E-state index contributed by atoms with van der Waals surface area (Å²) < 4.78 is 18.9. The number of nitrogens with zero attached hydrogens (tertiary/aromatic N) is 1. The highest BCUT2D eigenvalue weighted by molar-refractivity contribution is 5.83. The first-order valence-electron chi connectivity index (χ1n) is 5.95. The number of carbonyl (C=O) groups is 1. The fraction of sp³-hybridized carbons (Fsp3) is 0.462. The lowest BCUT2D eigenvalue weighted by Crippen LogP contribution is -2.29. The lowest BCUT2D eigenvalue weighted by atomic mass is 10.1. The Hall–Kier alpha value is -1.62. The average Bonchev–Trinajstić information content (AvgIpc) is 2.61. The van der Waals surface area contributed by atoms with Gasteiger partial charge in [-0.1, -0.05) is 6.07 Å². The molecule has 98 valence electrons. The Kier molecular flexibility index (Phi) is 3.52. The van der Waals surface area contributed by atoms with Gasteiger partial charge >= 0.3 is 0 Å². The number of likely N-dealkylation sites (N-methyl/N-ethyl adjacent to an activating group) is 1. The second-order valence-corrected chi connectivity index (χ2v) is 4.63. The lowest BCUT2D eigenvalue weighted by Gasteiger charge is -2.17. The van der Waals surface area contributed by atoms with Crippen LogP contribution in [-0.4, -0.2) is 30.5 Å². The van der Waals surface area contributed by atoms with Gasteiger partial charge in [0, 0.05) is 37.7 Å². The minimum atomic E-state index is -0.533. The van der Waals surface area contributed by atoms with Crippen molar-refractivity contribution in [2.24, 2.45) is 5.73 Å². The first kappa shape index (κ1) is 12.8. The van der Waals surface area contributed by atoms with Crippen molar-refractivity contribution in [1.29, 1.82) is 0 Å². The van der Waals surface area contributed by atoms with Crippen molar-refractivity contribution in [3.05, 3.63) is 29.6 Å². The fourth-order valence-electron chi connectivity index (χ4n) is 2.04. The number of halogens is 1. The highest BCUT2D eigenvalue weighted by Crippen LogP contribution is 2.27. The van der Waals surface area contributed by atoms with Gasteiger partial charge in [0.05, 0.1) is 0 Å². The van der Waals surface area contributed by atoms with Crippen molar-refractivity contribution in [3.63, 3.8) is 0 Å². The van der Waals surface area contributed by atoms with Crippen LogP contribution in [0.25, 0.3) is 0 Å². The normalized spacial score (nSPS) is 21.2. The zero-order valence-electron chi connectivity index (χ0n) is 10.5. The quantitative estimate of drug-likeness (QED) is 0.886. The van der Waals surface area contributed by atoms with Gasteiger partial charge in [-0.25, -0.2) is 4.39 Å². The van der Waals surface area contributed by atoms with Gasteiger partial charge in [-0.15, -0.1) is 0 Å². The Labute approximate surface area is 106 Å². The van der Waals surface area contributed by atoms with Crippen LogP contribution in [0.3, 0.4) is 0 Å². The zero-order valence-corrected chi connectivity index (χ0v) is 10.5. The van der Waals surface area contributed by atoms with E-state index >= 15 is 0 Å². The highest BCUT2D eigenvalue weighted by atomic mass is 19.1. The Morgan fingerprint density at radius 1 is 1.56 bits per heavy atom. The van der Waals surface area contributed by atoms with Crippen LogP contribution in [0.2, 0.25) is 0 Å². The number of benzene rings is 1. The number of likely N-dealkylation sites (tertiary alicyclic amines) is 1. The molecule has 1 heterocycles. The molecule has 1 aliphatic rings. The van der Waals surface area contributed by atoms with Crippen molar-refractivity contribution in [3.8, 4) is 5.75 Å². The molecule has 5 heteroatoms. The van der Waals surface area contributed by atoms with Crippen molar-refractivity contribution >= 4 is 5.91 Å². The third kappa shape index (κ3) is 2.46. The number of hydrogen-bond acceptors (Lipinski definition) is 3. The molecule has 0 aromatic heterocycles. The third-order valence-corrected chi connectivity index (χ3v) is 3.11. The maximum atomic E-state index is 13.2. The summed E-state index contributed by atoms with van der Waals surface area (Å²) in [6.07, 6.45) is 0.0823. The average molecular weight is 252 g/mol. The minimum Gasteiger partial charge on any atom is -0.480 e. The van der Waals surface area contributed by atoms with E-state index in [0.717, 1.165) is 0 Å². The van der Waals surface area contributed by atoms with E-state index in [1.54, 1.807) is 24.9 Å². The van der Waals surface area contributed by atoms with Crippen molar-refractivity contribution < 1.29 is 13.9 Å². The van der Waals surface area contributed by atoms with Crippen LogP contribution in [0.4, 0.5) is 4.39 Å². The van der Waals surface area contributed by atoms with Gasteiger partial charge in [-0.2, -0.15) is 0 Å². The summed E-state index contributed by atoms with van der Waals surface area (Å²) in [6, 6.07) is 3.95. The van der Waals surface area contributed by atoms with E-state index in [9.17, 15) is 9.18 Å². The van der Waals surface area contributed by atoms with E-state index in [1.165, 1.54) is 12.1 Å². The SMILES string of the molecule is CC(N)c1ccc(F)cc1OC1CCN(C)C1=O. The molecule has 1 aromatic rings. The molecule has 4 nitrogen and oxygen atoms in total. The van der Waals surface area contributed by atoms with Crippen LogP contribution in [0.1, 0.15) is 24.9 Å². The predicted molar refractivity (Wildman–Crippen MR) is 65.7 cm³/mol. The van der Waals surface area contributed by atoms with Gasteiger partial charge in [-0.05, 0) is 13.0 Å². The van der Waals surface area contributed by atoms with E-state index in [1.807, 2.05) is 0 Å². The molecule has 1 fully saturated rings. The standard InChI is InChI=1S/C13H17FN2O2/c1-8(15)10-4-3-9(14)7-12(10)18-11-5-6-16(2)13(11)17/h3-4,7-8,11H,5-6,15H2,1-2H3. The molecule has 2 rings (SSSR count). The first-order valence-corrected chi connectivity index (χ1v) is 5.95. The largest absolute Gasteiger partial charge is 0.480 e. The van der Waals surface area contributed by atoms with E-state index in [4.69, 9.17) is 10.5 Å². The summed E-state index contributed by atoms with van der Waals surface area (Å²) in [5.74, 6) is -0.110. The number of hydrogen-bond donors (Lipinski definition) is 1. The topological polar surface area (TPSA) is 55.6 Å². The fourth-order valence-corrected chi connectivity index (χ4v) is 2.04. The Morgan fingerprint density at radius 3 is 2.83 bits per heavy atom. The molecule has 1 aromatic carbocycles. The molecular formula is C13H17FN2O2. The van der Waals surface area contributed by atoms with Gasteiger partial charge in [-0.3, -0.25) is 4.79 Å². The molecule has 2 unspecified atom stereocenters. The summed E-state index contributed by atoms with van der Waals surface area (Å²) in [7, 11) is 1.73. The molecule has 18 heavy (non-hydrogen) atoms. The Bertz CT molecular complexity index is 462. The second kappa shape index (κ2) is 4.94. The molecule has 2 N–H and O–H groups in total. The number of carbonyl (C=O) groups excluding carboxylic acids is 1. The van der Waals surface area contributed by atoms with E-state index in [0.29, 0.717) is 24.3 Å². The molecule has 1 aliphatic heterocycles. The Morgan fingerprint density at radius 2 is 2.28 bits per heavy atom. The number of nitrogens with two attached hydrogens (primary N) is 1. The Balaban J connectivity index is 2.23. The minimum absolute atomic E-state index is 0.0742. The second-order valence-electron chi connectivity index (χ2n) is 4.63. The monoisotopic (exact) mass is 252 g/mol. The molecule has 0 saturated carbocycles. The van der Waals surface area contributed by atoms with Crippen LogP contribution < -0.4 is 10.5 Å². The first-order chi connectivity index (χ1) is 8.49.